The molecule has 0 radical (unpaired) electrons. The molecule has 0 amide bonds. The molecular weight excluding hydrogens is 370 g/mol. The topological polar surface area (TPSA) is 39.1 Å². The van der Waals surface area contributed by atoms with Gasteiger partial charge in [0.25, 0.3) is 0 Å². The monoisotopic (exact) mass is 389 g/mol. The van der Waals surface area contributed by atoms with E-state index in [1.165, 1.54) is 11.1 Å². The summed E-state index contributed by atoms with van der Waals surface area (Å²) in [6, 6.07) is 24.9. The predicted octanol–water partition coefficient (Wildman–Crippen LogP) is 5.84. The van der Waals surface area contributed by atoms with Gasteiger partial charge < -0.3 is 14.6 Å². The van der Waals surface area contributed by atoms with Gasteiger partial charge in [0.1, 0.15) is 5.75 Å². The molecule has 0 saturated carbocycles. The molecule has 1 aromatic heterocycles. The zero-order valence-electron chi connectivity index (χ0n) is 15.5. The molecule has 5 heteroatoms. The fourth-order valence-corrected chi connectivity index (χ4v) is 4.18. The number of imidazole rings is 1. The molecule has 4 nitrogen and oxygen atoms in total. The minimum atomic E-state index is 0.151. The maximum absolute atomic E-state index is 6.09. The second-order valence-electron chi connectivity index (χ2n) is 7.07. The van der Waals surface area contributed by atoms with Crippen molar-refractivity contribution in [3.8, 4) is 5.75 Å². The van der Waals surface area contributed by atoms with Gasteiger partial charge in [0, 0.05) is 5.02 Å². The van der Waals surface area contributed by atoms with Crippen LogP contribution in [0.5, 0.6) is 5.75 Å². The fourth-order valence-electron chi connectivity index (χ4n) is 4.05. The molecule has 0 fully saturated rings. The van der Waals surface area contributed by atoms with E-state index < -0.39 is 0 Å². The van der Waals surface area contributed by atoms with E-state index in [2.05, 4.69) is 52.3 Å². The standard InChI is InChI=1S/C23H20ClN3O/c1-28-18-6-4-5-16(13-18)22-14-20(15-9-11-17(24)12-10-15)26-23-25-19-7-2-3-8-21(19)27(22)23/h2-13,20,22H,14H2,1H3,(H,25,26)/t20-,22-/m0/s1. The first-order chi connectivity index (χ1) is 13.7. The van der Waals surface area contributed by atoms with E-state index in [4.69, 9.17) is 21.3 Å². The Kier molecular flexibility index (Phi) is 4.21. The fraction of sp³-hybridized carbons (Fsp3) is 0.174. The molecule has 4 aromatic rings. The van der Waals surface area contributed by atoms with Gasteiger partial charge in [-0.1, -0.05) is 48.0 Å². The van der Waals surface area contributed by atoms with Crippen molar-refractivity contribution < 1.29 is 4.74 Å². The minimum Gasteiger partial charge on any atom is -0.497 e. The molecule has 0 bridgehead atoms. The van der Waals surface area contributed by atoms with E-state index in [0.717, 1.165) is 34.2 Å². The molecule has 2 heterocycles. The van der Waals surface area contributed by atoms with E-state index in [-0.39, 0.29) is 12.1 Å². The minimum absolute atomic E-state index is 0.151. The lowest BCUT2D eigenvalue weighted by molar-refractivity contribution is 0.411. The van der Waals surface area contributed by atoms with Crippen molar-refractivity contribution in [2.45, 2.75) is 18.5 Å². The number of methoxy groups -OCH3 is 1. The van der Waals surface area contributed by atoms with E-state index in [9.17, 15) is 0 Å². The number of rotatable bonds is 3. The van der Waals surface area contributed by atoms with Gasteiger partial charge in [-0.05, 0) is 53.9 Å². The van der Waals surface area contributed by atoms with Gasteiger partial charge in [-0.2, -0.15) is 0 Å². The SMILES string of the molecule is COc1cccc([C@@H]2C[C@@H](c3ccc(Cl)cc3)Nc3nc4ccccc4n32)c1. The van der Waals surface area contributed by atoms with Crippen molar-refractivity contribution in [3.05, 3.63) is 88.9 Å². The van der Waals surface area contributed by atoms with Crippen LogP contribution in [0.25, 0.3) is 11.0 Å². The third kappa shape index (κ3) is 2.90. The number of anilines is 1. The highest BCUT2D eigenvalue weighted by atomic mass is 35.5. The Bertz CT molecular complexity index is 1140. The van der Waals surface area contributed by atoms with Gasteiger partial charge in [-0.3, -0.25) is 0 Å². The Morgan fingerprint density at radius 3 is 2.64 bits per heavy atom. The summed E-state index contributed by atoms with van der Waals surface area (Å²) in [6.45, 7) is 0. The molecule has 0 saturated heterocycles. The summed E-state index contributed by atoms with van der Waals surface area (Å²) >= 11 is 6.09. The van der Waals surface area contributed by atoms with Crippen LogP contribution in [-0.2, 0) is 0 Å². The zero-order chi connectivity index (χ0) is 19.1. The zero-order valence-corrected chi connectivity index (χ0v) is 16.2. The van der Waals surface area contributed by atoms with Crippen LogP contribution < -0.4 is 10.1 Å². The number of fused-ring (bicyclic) bond motifs is 3. The van der Waals surface area contributed by atoms with Crippen molar-refractivity contribution in [2.24, 2.45) is 0 Å². The summed E-state index contributed by atoms with van der Waals surface area (Å²) in [5.41, 5.74) is 4.54. The van der Waals surface area contributed by atoms with Gasteiger partial charge in [-0.15, -0.1) is 0 Å². The van der Waals surface area contributed by atoms with Crippen LogP contribution in [0.15, 0.2) is 72.8 Å². The second kappa shape index (κ2) is 6.88. The molecule has 1 aliphatic heterocycles. The van der Waals surface area contributed by atoms with E-state index in [1.807, 2.05) is 30.3 Å². The number of nitrogens with one attached hydrogen (secondary N) is 1. The Morgan fingerprint density at radius 2 is 1.82 bits per heavy atom. The summed E-state index contributed by atoms with van der Waals surface area (Å²) in [5, 5.41) is 4.37. The normalized spacial score (nSPS) is 18.5. The summed E-state index contributed by atoms with van der Waals surface area (Å²) in [6.07, 6.45) is 0.905. The van der Waals surface area contributed by atoms with Crippen LogP contribution in [0.4, 0.5) is 5.95 Å². The van der Waals surface area contributed by atoms with E-state index in [1.54, 1.807) is 7.11 Å². The Balaban J connectivity index is 1.66. The quantitative estimate of drug-likeness (QED) is 0.478. The van der Waals surface area contributed by atoms with Gasteiger partial charge in [-0.25, -0.2) is 4.98 Å². The van der Waals surface area contributed by atoms with Crippen molar-refractivity contribution in [1.82, 2.24) is 9.55 Å². The number of nitrogens with zero attached hydrogens (tertiary/aromatic N) is 2. The number of benzene rings is 3. The average molecular weight is 390 g/mol. The number of hydrogen-bond acceptors (Lipinski definition) is 3. The van der Waals surface area contributed by atoms with Gasteiger partial charge >= 0.3 is 0 Å². The van der Waals surface area contributed by atoms with Crippen LogP contribution in [0.1, 0.15) is 29.6 Å². The van der Waals surface area contributed by atoms with Crippen LogP contribution in [0, 0.1) is 0 Å². The van der Waals surface area contributed by atoms with Gasteiger partial charge in [0.2, 0.25) is 5.95 Å². The molecule has 28 heavy (non-hydrogen) atoms. The van der Waals surface area contributed by atoms with E-state index in [0.29, 0.717) is 0 Å². The first kappa shape index (κ1) is 17.1. The summed E-state index contributed by atoms with van der Waals surface area (Å²) in [5.74, 6) is 1.75. The summed E-state index contributed by atoms with van der Waals surface area (Å²) in [4.78, 5) is 4.86. The Labute approximate surface area is 168 Å². The molecule has 2 atom stereocenters. The molecule has 0 unspecified atom stereocenters. The highest BCUT2D eigenvalue weighted by Gasteiger charge is 2.31. The highest BCUT2D eigenvalue weighted by Crippen LogP contribution is 2.41. The lowest BCUT2D eigenvalue weighted by atomic mass is 9.93. The largest absolute Gasteiger partial charge is 0.497 e. The molecular formula is C23H20ClN3O. The molecule has 140 valence electrons. The van der Waals surface area contributed by atoms with Crippen LogP contribution >= 0.6 is 11.6 Å². The maximum Gasteiger partial charge on any atom is 0.204 e. The molecule has 0 spiro atoms. The van der Waals surface area contributed by atoms with Crippen molar-refractivity contribution in [2.75, 3.05) is 12.4 Å². The number of halogens is 1. The van der Waals surface area contributed by atoms with Gasteiger partial charge in [0.05, 0.1) is 30.2 Å². The number of ether oxygens (including phenoxy) is 1. The first-order valence-electron chi connectivity index (χ1n) is 9.36. The van der Waals surface area contributed by atoms with Crippen LogP contribution in [-0.4, -0.2) is 16.7 Å². The first-order valence-corrected chi connectivity index (χ1v) is 9.73. The third-order valence-corrected chi connectivity index (χ3v) is 5.67. The second-order valence-corrected chi connectivity index (χ2v) is 7.51. The van der Waals surface area contributed by atoms with Crippen molar-refractivity contribution in [1.29, 1.82) is 0 Å². The van der Waals surface area contributed by atoms with E-state index >= 15 is 0 Å². The maximum atomic E-state index is 6.09. The summed E-state index contributed by atoms with van der Waals surface area (Å²) in [7, 11) is 1.70. The van der Waals surface area contributed by atoms with Crippen molar-refractivity contribution >= 4 is 28.6 Å². The smallest absolute Gasteiger partial charge is 0.204 e. The molecule has 3 aromatic carbocycles. The third-order valence-electron chi connectivity index (χ3n) is 5.42. The van der Waals surface area contributed by atoms with Crippen molar-refractivity contribution in [3.63, 3.8) is 0 Å². The molecule has 1 aliphatic rings. The van der Waals surface area contributed by atoms with Gasteiger partial charge in [0.15, 0.2) is 0 Å². The predicted molar refractivity (Wildman–Crippen MR) is 113 cm³/mol. The lowest BCUT2D eigenvalue weighted by Crippen LogP contribution is -2.27. The number of hydrogen-bond donors (Lipinski definition) is 1. The summed E-state index contributed by atoms with van der Waals surface area (Å²) < 4.78 is 7.77. The molecule has 1 N–H and O–H groups in total. The van der Waals surface area contributed by atoms with Crippen LogP contribution in [0.2, 0.25) is 5.02 Å². The number of aromatic nitrogens is 2. The molecule has 0 aliphatic carbocycles. The molecule has 5 rings (SSSR count). The average Bonchev–Trinajstić information content (AvgIpc) is 3.12. The Morgan fingerprint density at radius 1 is 1.00 bits per heavy atom. The highest BCUT2D eigenvalue weighted by molar-refractivity contribution is 6.30. The number of para-hydroxylation sites is 2. The van der Waals surface area contributed by atoms with Crippen LogP contribution in [0.3, 0.4) is 0 Å². The lowest BCUT2D eigenvalue weighted by Gasteiger charge is -2.33. The Hall–Kier alpha value is -2.98.